The second-order valence-electron chi connectivity index (χ2n) is 4.47. The van der Waals surface area contributed by atoms with Crippen LogP contribution in [0.3, 0.4) is 0 Å². The van der Waals surface area contributed by atoms with Crippen molar-refractivity contribution in [2.75, 3.05) is 19.7 Å². The minimum absolute atomic E-state index is 0.727. The monoisotopic (exact) mass is 243 g/mol. The van der Waals surface area contributed by atoms with Crippen LogP contribution in [0.25, 0.3) is 0 Å². The van der Waals surface area contributed by atoms with Crippen molar-refractivity contribution in [2.24, 2.45) is 0 Å². The highest BCUT2D eigenvalue weighted by Gasteiger charge is 2.15. The molecule has 0 amide bonds. The molecule has 4 nitrogen and oxygen atoms in total. The van der Waals surface area contributed by atoms with E-state index in [4.69, 9.17) is 4.74 Å². The summed E-state index contributed by atoms with van der Waals surface area (Å²) in [6, 6.07) is 9.96. The molecule has 0 aliphatic carbocycles. The molecule has 2 aromatic rings. The second kappa shape index (κ2) is 5.23. The lowest BCUT2D eigenvalue weighted by Gasteiger charge is -2.27. The summed E-state index contributed by atoms with van der Waals surface area (Å²) < 4.78 is 7.93. The Morgan fingerprint density at radius 2 is 2.06 bits per heavy atom. The highest BCUT2D eigenvalue weighted by Crippen LogP contribution is 2.11. The van der Waals surface area contributed by atoms with Crippen molar-refractivity contribution in [3.63, 3.8) is 0 Å². The minimum Gasteiger partial charge on any atom is -0.492 e. The van der Waals surface area contributed by atoms with Crippen LogP contribution in [0.15, 0.2) is 42.7 Å². The van der Waals surface area contributed by atoms with Crippen LogP contribution in [0, 0.1) is 0 Å². The number of para-hydroxylation sites is 1. The third-order valence-electron chi connectivity index (χ3n) is 3.24. The van der Waals surface area contributed by atoms with E-state index < -0.39 is 0 Å². The first-order valence-corrected chi connectivity index (χ1v) is 6.32. The molecule has 94 valence electrons. The highest BCUT2D eigenvalue weighted by atomic mass is 16.5. The van der Waals surface area contributed by atoms with Gasteiger partial charge < -0.3 is 9.30 Å². The highest BCUT2D eigenvalue weighted by molar-refractivity contribution is 5.20. The molecule has 1 aliphatic rings. The third kappa shape index (κ3) is 2.54. The van der Waals surface area contributed by atoms with Gasteiger partial charge in [-0.15, -0.1) is 0 Å². The molecule has 0 atom stereocenters. The van der Waals surface area contributed by atoms with Gasteiger partial charge >= 0.3 is 0 Å². The predicted molar refractivity (Wildman–Crippen MR) is 69.4 cm³/mol. The van der Waals surface area contributed by atoms with Crippen molar-refractivity contribution in [1.29, 1.82) is 0 Å². The van der Waals surface area contributed by atoms with Crippen molar-refractivity contribution in [1.82, 2.24) is 14.5 Å². The topological polar surface area (TPSA) is 30.3 Å². The Kier molecular flexibility index (Phi) is 3.28. The summed E-state index contributed by atoms with van der Waals surface area (Å²) in [7, 11) is 0. The molecule has 1 aromatic carbocycles. The molecular weight excluding hydrogens is 226 g/mol. The molecule has 1 aliphatic heterocycles. The van der Waals surface area contributed by atoms with Gasteiger partial charge in [-0.2, -0.15) is 0 Å². The Morgan fingerprint density at radius 3 is 2.94 bits per heavy atom. The van der Waals surface area contributed by atoms with Crippen LogP contribution in [-0.4, -0.2) is 34.1 Å². The summed E-state index contributed by atoms with van der Waals surface area (Å²) in [6.45, 7) is 4.69. The maximum Gasteiger partial charge on any atom is 0.122 e. The first-order valence-electron chi connectivity index (χ1n) is 6.32. The Balaban J connectivity index is 1.48. The van der Waals surface area contributed by atoms with Gasteiger partial charge in [0.05, 0.1) is 6.54 Å². The summed E-state index contributed by atoms with van der Waals surface area (Å²) in [5.74, 6) is 2.09. The number of nitrogens with zero attached hydrogens (tertiary/aromatic N) is 3. The zero-order chi connectivity index (χ0) is 12.2. The number of hydrogen-bond acceptors (Lipinski definition) is 3. The second-order valence-corrected chi connectivity index (χ2v) is 4.47. The van der Waals surface area contributed by atoms with Gasteiger partial charge in [0.1, 0.15) is 18.2 Å². The number of rotatable bonds is 4. The number of fused-ring (bicyclic) bond motifs is 1. The zero-order valence-electron chi connectivity index (χ0n) is 10.3. The summed E-state index contributed by atoms with van der Waals surface area (Å²) in [5, 5.41) is 0. The average Bonchev–Trinajstić information content (AvgIpc) is 2.87. The first-order chi connectivity index (χ1) is 8.92. The van der Waals surface area contributed by atoms with Gasteiger partial charge in [-0.05, 0) is 12.1 Å². The van der Waals surface area contributed by atoms with E-state index in [9.17, 15) is 0 Å². The molecule has 0 unspecified atom stereocenters. The average molecular weight is 243 g/mol. The smallest absolute Gasteiger partial charge is 0.122 e. The summed E-state index contributed by atoms with van der Waals surface area (Å²) >= 11 is 0. The van der Waals surface area contributed by atoms with Crippen LogP contribution in [0.4, 0.5) is 0 Å². The fourth-order valence-corrected chi connectivity index (χ4v) is 2.22. The maximum atomic E-state index is 5.71. The fourth-order valence-electron chi connectivity index (χ4n) is 2.22. The van der Waals surface area contributed by atoms with Gasteiger partial charge in [0.2, 0.25) is 0 Å². The number of aromatic nitrogens is 2. The Morgan fingerprint density at radius 1 is 1.17 bits per heavy atom. The largest absolute Gasteiger partial charge is 0.492 e. The molecule has 0 fully saturated rings. The predicted octanol–water partition coefficient (Wildman–Crippen LogP) is 1.78. The fraction of sp³-hybridized carbons (Fsp3) is 0.357. The standard InChI is InChI=1S/C14H17N3O/c1-2-4-13(5-3-1)18-11-10-16-8-9-17-7-6-15-14(17)12-16/h1-7H,8-12H2. The lowest BCUT2D eigenvalue weighted by molar-refractivity contribution is 0.175. The van der Waals surface area contributed by atoms with E-state index in [1.165, 1.54) is 0 Å². The number of benzene rings is 1. The van der Waals surface area contributed by atoms with E-state index in [0.717, 1.165) is 44.4 Å². The van der Waals surface area contributed by atoms with Crippen molar-refractivity contribution >= 4 is 0 Å². The van der Waals surface area contributed by atoms with Crippen molar-refractivity contribution in [3.05, 3.63) is 48.5 Å². The quantitative estimate of drug-likeness (QED) is 0.820. The van der Waals surface area contributed by atoms with Gasteiger partial charge in [-0.25, -0.2) is 4.98 Å². The third-order valence-corrected chi connectivity index (χ3v) is 3.24. The summed E-state index contributed by atoms with van der Waals surface area (Å²) in [4.78, 5) is 6.73. The molecule has 0 bridgehead atoms. The van der Waals surface area contributed by atoms with Crippen LogP contribution in [-0.2, 0) is 13.1 Å². The first kappa shape index (κ1) is 11.3. The van der Waals surface area contributed by atoms with Crippen LogP contribution in [0.1, 0.15) is 5.82 Å². The molecule has 0 N–H and O–H groups in total. The van der Waals surface area contributed by atoms with E-state index in [2.05, 4.69) is 14.5 Å². The molecule has 0 saturated carbocycles. The van der Waals surface area contributed by atoms with Crippen LogP contribution in [0.5, 0.6) is 5.75 Å². The molecule has 18 heavy (non-hydrogen) atoms. The van der Waals surface area contributed by atoms with E-state index in [1.54, 1.807) is 0 Å². The number of hydrogen-bond donors (Lipinski definition) is 0. The lowest BCUT2D eigenvalue weighted by Crippen LogP contribution is -2.36. The van der Waals surface area contributed by atoms with E-state index in [1.807, 2.05) is 42.7 Å². The molecule has 3 rings (SSSR count). The van der Waals surface area contributed by atoms with Gasteiger partial charge in [0.15, 0.2) is 0 Å². The van der Waals surface area contributed by atoms with Crippen LogP contribution >= 0.6 is 0 Å². The van der Waals surface area contributed by atoms with Crippen LogP contribution in [0.2, 0.25) is 0 Å². The molecule has 0 radical (unpaired) electrons. The van der Waals surface area contributed by atoms with Gasteiger partial charge in [-0.1, -0.05) is 18.2 Å². The Labute approximate surface area is 107 Å². The summed E-state index contributed by atoms with van der Waals surface area (Å²) in [6.07, 6.45) is 3.92. The number of ether oxygens (including phenoxy) is 1. The molecule has 4 heteroatoms. The molecule has 1 aromatic heterocycles. The molecule has 0 saturated heterocycles. The van der Waals surface area contributed by atoms with Gasteiger partial charge in [0.25, 0.3) is 0 Å². The summed E-state index contributed by atoms with van der Waals surface area (Å²) in [5.41, 5.74) is 0. The normalized spacial score (nSPS) is 15.3. The van der Waals surface area contributed by atoms with E-state index >= 15 is 0 Å². The molecule has 0 spiro atoms. The van der Waals surface area contributed by atoms with Crippen LogP contribution < -0.4 is 4.74 Å². The van der Waals surface area contributed by atoms with Gasteiger partial charge in [0, 0.05) is 32.0 Å². The Hall–Kier alpha value is -1.81. The van der Waals surface area contributed by atoms with Crippen molar-refractivity contribution in [3.8, 4) is 5.75 Å². The van der Waals surface area contributed by atoms with E-state index in [0.29, 0.717) is 0 Å². The maximum absolute atomic E-state index is 5.71. The minimum atomic E-state index is 0.727. The van der Waals surface area contributed by atoms with E-state index in [-0.39, 0.29) is 0 Å². The SMILES string of the molecule is c1ccc(OCCN2CCn3ccnc3C2)cc1. The Bertz CT molecular complexity index is 495. The van der Waals surface area contributed by atoms with Gasteiger partial charge in [-0.3, -0.25) is 4.90 Å². The number of imidazole rings is 1. The zero-order valence-corrected chi connectivity index (χ0v) is 10.3. The van der Waals surface area contributed by atoms with Crippen molar-refractivity contribution < 1.29 is 4.74 Å². The molecule has 2 heterocycles. The molecular formula is C14H17N3O. The van der Waals surface area contributed by atoms with Crippen molar-refractivity contribution in [2.45, 2.75) is 13.1 Å². The lowest BCUT2D eigenvalue weighted by atomic mass is 10.3.